The van der Waals surface area contributed by atoms with Crippen LogP contribution in [0.1, 0.15) is 46.0 Å². The van der Waals surface area contributed by atoms with Crippen molar-refractivity contribution >= 4 is 5.78 Å². The number of fused-ring (bicyclic) bond motifs is 2. The Morgan fingerprint density at radius 1 is 1.24 bits per heavy atom. The SMILES string of the molecule is COC1CC(N2C3CCC2CC(=O)C3)C1(C)C. The van der Waals surface area contributed by atoms with Gasteiger partial charge in [-0.3, -0.25) is 9.69 Å². The van der Waals surface area contributed by atoms with Crippen LogP contribution in [-0.2, 0) is 9.53 Å². The molecule has 0 radical (unpaired) electrons. The minimum absolute atomic E-state index is 0.246. The van der Waals surface area contributed by atoms with Gasteiger partial charge in [0.15, 0.2) is 0 Å². The summed E-state index contributed by atoms with van der Waals surface area (Å²) in [5, 5.41) is 0. The zero-order valence-corrected chi connectivity index (χ0v) is 11.1. The molecule has 0 aromatic heterocycles. The molecule has 3 rings (SSSR count). The van der Waals surface area contributed by atoms with Crippen LogP contribution in [0.25, 0.3) is 0 Å². The number of ketones is 1. The smallest absolute Gasteiger partial charge is 0.136 e. The highest BCUT2D eigenvalue weighted by atomic mass is 16.5. The molecule has 17 heavy (non-hydrogen) atoms. The van der Waals surface area contributed by atoms with Gasteiger partial charge in [0.25, 0.3) is 0 Å². The number of rotatable bonds is 2. The van der Waals surface area contributed by atoms with Crippen molar-refractivity contribution in [2.24, 2.45) is 5.41 Å². The van der Waals surface area contributed by atoms with E-state index in [2.05, 4.69) is 18.7 Å². The lowest BCUT2D eigenvalue weighted by atomic mass is 9.63. The van der Waals surface area contributed by atoms with Crippen molar-refractivity contribution in [1.82, 2.24) is 4.90 Å². The Bertz CT molecular complexity index is 323. The Hall–Kier alpha value is -0.410. The average molecular weight is 237 g/mol. The number of carbonyl (C=O) groups is 1. The predicted molar refractivity (Wildman–Crippen MR) is 65.9 cm³/mol. The lowest BCUT2D eigenvalue weighted by molar-refractivity contribution is -0.158. The molecule has 2 heterocycles. The van der Waals surface area contributed by atoms with Crippen LogP contribution in [0.3, 0.4) is 0 Å². The molecule has 0 spiro atoms. The second-order valence-electron chi connectivity index (χ2n) is 6.58. The largest absolute Gasteiger partial charge is 0.381 e. The minimum atomic E-state index is 0.246. The van der Waals surface area contributed by atoms with Gasteiger partial charge in [-0.15, -0.1) is 0 Å². The molecule has 0 aromatic carbocycles. The van der Waals surface area contributed by atoms with E-state index in [1.807, 2.05) is 7.11 Å². The number of Topliss-reactive ketones (excluding diaryl/α,β-unsaturated/α-hetero) is 1. The number of ether oxygens (including phenoxy) is 1. The van der Waals surface area contributed by atoms with E-state index in [0.717, 1.165) is 19.3 Å². The van der Waals surface area contributed by atoms with E-state index < -0.39 is 0 Å². The third kappa shape index (κ3) is 1.59. The molecule has 1 aliphatic carbocycles. The lowest BCUT2D eigenvalue weighted by Gasteiger charge is -2.58. The van der Waals surface area contributed by atoms with Gasteiger partial charge in [0.2, 0.25) is 0 Å². The maximum absolute atomic E-state index is 11.6. The van der Waals surface area contributed by atoms with E-state index in [0.29, 0.717) is 30.0 Å². The van der Waals surface area contributed by atoms with E-state index in [1.165, 1.54) is 12.8 Å². The molecular formula is C14H23NO2. The van der Waals surface area contributed by atoms with Crippen LogP contribution < -0.4 is 0 Å². The molecule has 2 bridgehead atoms. The molecule has 3 aliphatic rings. The Kier molecular flexibility index (Phi) is 2.60. The molecule has 3 nitrogen and oxygen atoms in total. The van der Waals surface area contributed by atoms with Gasteiger partial charge in [-0.25, -0.2) is 0 Å². The van der Waals surface area contributed by atoms with Crippen LogP contribution in [0.2, 0.25) is 0 Å². The normalized spacial score (nSPS) is 44.8. The van der Waals surface area contributed by atoms with Gasteiger partial charge in [0.05, 0.1) is 6.10 Å². The third-order valence-electron chi connectivity index (χ3n) is 5.37. The Morgan fingerprint density at radius 3 is 2.29 bits per heavy atom. The number of hydrogen-bond acceptors (Lipinski definition) is 3. The highest BCUT2D eigenvalue weighted by molar-refractivity contribution is 5.81. The summed E-state index contributed by atoms with van der Waals surface area (Å²) in [5.74, 6) is 0.481. The maximum Gasteiger partial charge on any atom is 0.136 e. The van der Waals surface area contributed by atoms with Crippen molar-refractivity contribution in [2.45, 2.75) is 70.2 Å². The first-order valence-electron chi connectivity index (χ1n) is 6.86. The van der Waals surface area contributed by atoms with E-state index in [1.54, 1.807) is 0 Å². The van der Waals surface area contributed by atoms with Gasteiger partial charge in [-0.2, -0.15) is 0 Å². The molecule has 3 fully saturated rings. The first-order valence-corrected chi connectivity index (χ1v) is 6.86. The number of methoxy groups -OCH3 is 1. The fourth-order valence-corrected chi connectivity index (χ4v) is 4.28. The summed E-state index contributed by atoms with van der Waals surface area (Å²) in [7, 11) is 1.82. The second kappa shape index (κ2) is 3.79. The summed E-state index contributed by atoms with van der Waals surface area (Å²) in [6, 6.07) is 1.68. The molecule has 2 aliphatic heterocycles. The fourth-order valence-electron chi connectivity index (χ4n) is 4.28. The van der Waals surface area contributed by atoms with Crippen LogP contribution in [0, 0.1) is 5.41 Å². The molecule has 2 saturated heterocycles. The standard InChI is InChI=1S/C14H23NO2/c1-14(2)12(8-13(14)17-3)15-9-4-5-10(15)7-11(16)6-9/h9-10,12-13H,4-8H2,1-3H3. The molecule has 0 N–H and O–H groups in total. The van der Waals surface area contributed by atoms with Crippen LogP contribution in [0.15, 0.2) is 0 Å². The quantitative estimate of drug-likeness (QED) is 0.735. The molecule has 0 amide bonds. The molecule has 96 valence electrons. The molecule has 1 saturated carbocycles. The number of nitrogens with zero attached hydrogens (tertiary/aromatic N) is 1. The van der Waals surface area contributed by atoms with E-state index in [4.69, 9.17) is 4.74 Å². The Labute approximate surface area is 104 Å². The number of piperidine rings is 1. The first-order chi connectivity index (χ1) is 8.04. The molecule has 0 aromatic rings. The summed E-state index contributed by atoms with van der Waals surface area (Å²) in [4.78, 5) is 14.3. The van der Waals surface area contributed by atoms with E-state index in [-0.39, 0.29) is 5.41 Å². The van der Waals surface area contributed by atoms with Gasteiger partial charge in [0.1, 0.15) is 5.78 Å². The van der Waals surface area contributed by atoms with Crippen LogP contribution in [0.4, 0.5) is 0 Å². The summed E-state index contributed by atoms with van der Waals surface area (Å²) >= 11 is 0. The van der Waals surface area contributed by atoms with Crippen LogP contribution in [0.5, 0.6) is 0 Å². The van der Waals surface area contributed by atoms with Crippen molar-refractivity contribution in [3.8, 4) is 0 Å². The van der Waals surface area contributed by atoms with Crippen molar-refractivity contribution < 1.29 is 9.53 Å². The average Bonchev–Trinajstić information content (AvgIpc) is 2.51. The summed E-state index contributed by atoms with van der Waals surface area (Å²) in [5.41, 5.74) is 0.246. The first kappa shape index (κ1) is 11.7. The van der Waals surface area contributed by atoms with Gasteiger partial charge in [-0.1, -0.05) is 13.8 Å². The highest BCUT2D eigenvalue weighted by Crippen LogP contribution is 2.50. The van der Waals surface area contributed by atoms with Crippen LogP contribution in [-0.4, -0.2) is 42.0 Å². The lowest BCUT2D eigenvalue weighted by Crippen LogP contribution is -2.65. The topological polar surface area (TPSA) is 29.5 Å². The number of hydrogen-bond donors (Lipinski definition) is 0. The summed E-state index contributed by atoms with van der Waals surface area (Å²) in [6.07, 6.45) is 5.57. The monoisotopic (exact) mass is 237 g/mol. The maximum atomic E-state index is 11.6. The van der Waals surface area contributed by atoms with Crippen molar-refractivity contribution in [3.63, 3.8) is 0 Å². The molecule has 4 atom stereocenters. The van der Waals surface area contributed by atoms with E-state index in [9.17, 15) is 4.79 Å². The Morgan fingerprint density at radius 2 is 1.82 bits per heavy atom. The van der Waals surface area contributed by atoms with Gasteiger partial charge in [0, 0.05) is 43.5 Å². The third-order valence-corrected chi connectivity index (χ3v) is 5.37. The highest BCUT2D eigenvalue weighted by Gasteiger charge is 2.56. The Balaban J connectivity index is 1.77. The van der Waals surface area contributed by atoms with Gasteiger partial charge >= 0.3 is 0 Å². The van der Waals surface area contributed by atoms with E-state index >= 15 is 0 Å². The zero-order valence-electron chi connectivity index (χ0n) is 11.1. The van der Waals surface area contributed by atoms with Crippen molar-refractivity contribution in [2.75, 3.05) is 7.11 Å². The predicted octanol–water partition coefficient (Wildman–Crippen LogP) is 2.00. The molecule has 4 unspecified atom stereocenters. The second-order valence-corrected chi connectivity index (χ2v) is 6.58. The fraction of sp³-hybridized carbons (Fsp3) is 0.929. The zero-order chi connectivity index (χ0) is 12.2. The van der Waals surface area contributed by atoms with Crippen LogP contribution >= 0.6 is 0 Å². The molecular weight excluding hydrogens is 214 g/mol. The number of carbonyl (C=O) groups excluding carboxylic acids is 1. The van der Waals surface area contributed by atoms with Crippen molar-refractivity contribution in [3.05, 3.63) is 0 Å². The summed E-state index contributed by atoms with van der Waals surface area (Å²) in [6.45, 7) is 4.62. The van der Waals surface area contributed by atoms with Gasteiger partial charge < -0.3 is 4.74 Å². The summed E-state index contributed by atoms with van der Waals surface area (Å²) < 4.78 is 5.54. The van der Waals surface area contributed by atoms with Gasteiger partial charge in [-0.05, 0) is 19.3 Å². The molecule has 3 heteroatoms. The minimum Gasteiger partial charge on any atom is -0.381 e. The van der Waals surface area contributed by atoms with Crippen molar-refractivity contribution in [1.29, 1.82) is 0 Å².